The smallest absolute Gasteiger partial charge is 0.119 e. The summed E-state index contributed by atoms with van der Waals surface area (Å²) in [7, 11) is 0. The first-order valence-corrected chi connectivity index (χ1v) is 7.36. The van der Waals surface area contributed by atoms with E-state index in [2.05, 4.69) is 49.2 Å². The molecular weight excluding hydrogens is 236 g/mol. The van der Waals surface area contributed by atoms with Crippen LogP contribution in [0.1, 0.15) is 25.8 Å². The average molecular weight is 262 g/mol. The second-order valence-electron chi connectivity index (χ2n) is 5.72. The molecule has 1 aromatic carbocycles. The van der Waals surface area contributed by atoms with Crippen LogP contribution in [0.2, 0.25) is 0 Å². The minimum Gasteiger partial charge on any atom is -0.494 e. The molecule has 3 heteroatoms. The van der Waals surface area contributed by atoms with Gasteiger partial charge in [0.05, 0.1) is 6.61 Å². The van der Waals surface area contributed by atoms with Crippen LogP contribution < -0.4 is 15.0 Å². The lowest BCUT2D eigenvalue weighted by molar-refractivity contribution is 0.289. The van der Waals surface area contributed by atoms with Crippen molar-refractivity contribution in [2.24, 2.45) is 5.92 Å². The molecule has 3 nitrogen and oxygen atoms in total. The molecule has 1 N–H and O–H groups in total. The Balaban J connectivity index is 1.96. The number of anilines is 1. The standard InChI is InChI=1S/C16H26N2O/c1-13(2)6-11-19-15-4-5-16(14(3)12-15)18-9-7-17-8-10-18/h4-5,12-13,17H,6-11H2,1-3H3. The summed E-state index contributed by atoms with van der Waals surface area (Å²) < 4.78 is 5.81. The van der Waals surface area contributed by atoms with Crippen LogP contribution in [0.25, 0.3) is 0 Å². The monoisotopic (exact) mass is 262 g/mol. The van der Waals surface area contributed by atoms with Crippen molar-refractivity contribution in [1.29, 1.82) is 0 Å². The van der Waals surface area contributed by atoms with Gasteiger partial charge in [-0.05, 0) is 43.0 Å². The van der Waals surface area contributed by atoms with Gasteiger partial charge in [-0.1, -0.05) is 13.8 Å². The lowest BCUT2D eigenvalue weighted by atomic mass is 10.1. The third-order valence-electron chi connectivity index (χ3n) is 3.59. The molecule has 0 aliphatic carbocycles. The van der Waals surface area contributed by atoms with E-state index in [0.29, 0.717) is 5.92 Å². The molecule has 0 bridgehead atoms. The van der Waals surface area contributed by atoms with Gasteiger partial charge in [-0.25, -0.2) is 0 Å². The predicted molar refractivity (Wildman–Crippen MR) is 81.2 cm³/mol. The fraction of sp³-hybridized carbons (Fsp3) is 0.625. The number of rotatable bonds is 5. The average Bonchev–Trinajstić information content (AvgIpc) is 2.39. The lowest BCUT2D eigenvalue weighted by Crippen LogP contribution is -2.43. The van der Waals surface area contributed by atoms with Crippen molar-refractivity contribution >= 4 is 5.69 Å². The van der Waals surface area contributed by atoms with E-state index in [1.807, 2.05) is 0 Å². The zero-order valence-electron chi connectivity index (χ0n) is 12.4. The molecule has 1 saturated heterocycles. The molecule has 2 rings (SSSR count). The Hall–Kier alpha value is -1.22. The molecule has 19 heavy (non-hydrogen) atoms. The first-order valence-electron chi connectivity index (χ1n) is 7.36. The fourth-order valence-electron chi connectivity index (χ4n) is 2.39. The van der Waals surface area contributed by atoms with Crippen LogP contribution in [-0.4, -0.2) is 32.8 Å². The Kier molecular flexibility index (Phi) is 5.08. The first kappa shape index (κ1) is 14.2. The molecule has 0 spiro atoms. The molecule has 0 atom stereocenters. The SMILES string of the molecule is Cc1cc(OCCC(C)C)ccc1N1CCNCC1. The largest absolute Gasteiger partial charge is 0.494 e. The molecule has 1 aromatic rings. The van der Waals surface area contributed by atoms with E-state index in [-0.39, 0.29) is 0 Å². The second kappa shape index (κ2) is 6.80. The van der Waals surface area contributed by atoms with E-state index in [1.165, 1.54) is 11.3 Å². The van der Waals surface area contributed by atoms with E-state index in [1.54, 1.807) is 0 Å². The third kappa shape index (κ3) is 4.13. The minimum absolute atomic E-state index is 0.696. The normalized spacial score (nSPS) is 15.9. The highest BCUT2D eigenvalue weighted by Crippen LogP contribution is 2.25. The number of hydrogen-bond donors (Lipinski definition) is 1. The van der Waals surface area contributed by atoms with Crippen molar-refractivity contribution < 1.29 is 4.74 Å². The number of nitrogens with one attached hydrogen (secondary N) is 1. The van der Waals surface area contributed by atoms with Gasteiger partial charge in [0.2, 0.25) is 0 Å². The Morgan fingerprint density at radius 3 is 2.63 bits per heavy atom. The summed E-state index contributed by atoms with van der Waals surface area (Å²) in [5, 5.41) is 3.39. The van der Waals surface area contributed by atoms with Gasteiger partial charge >= 0.3 is 0 Å². The summed E-state index contributed by atoms with van der Waals surface area (Å²) in [6.45, 7) is 11.8. The van der Waals surface area contributed by atoms with E-state index < -0.39 is 0 Å². The van der Waals surface area contributed by atoms with E-state index >= 15 is 0 Å². The highest BCUT2D eigenvalue weighted by atomic mass is 16.5. The van der Waals surface area contributed by atoms with Gasteiger partial charge in [0.25, 0.3) is 0 Å². The molecule has 0 saturated carbocycles. The molecule has 0 amide bonds. The predicted octanol–water partition coefficient (Wildman–Crippen LogP) is 2.83. The maximum Gasteiger partial charge on any atom is 0.119 e. The molecule has 106 valence electrons. The zero-order chi connectivity index (χ0) is 13.7. The molecule has 1 aliphatic heterocycles. The molecule has 0 unspecified atom stereocenters. The van der Waals surface area contributed by atoms with E-state index in [4.69, 9.17) is 4.74 Å². The number of nitrogens with zero attached hydrogens (tertiary/aromatic N) is 1. The van der Waals surface area contributed by atoms with Crippen LogP contribution in [0.5, 0.6) is 5.75 Å². The van der Waals surface area contributed by atoms with Crippen LogP contribution in [0.3, 0.4) is 0 Å². The van der Waals surface area contributed by atoms with Crippen molar-refractivity contribution in [3.8, 4) is 5.75 Å². The van der Waals surface area contributed by atoms with Gasteiger partial charge in [0.15, 0.2) is 0 Å². The van der Waals surface area contributed by atoms with Gasteiger partial charge in [-0.15, -0.1) is 0 Å². The Morgan fingerprint density at radius 1 is 1.26 bits per heavy atom. The summed E-state index contributed by atoms with van der Waals surface area (Å²) in [6.07, 6.45) is 1.11. The van der Waals surface area contributed by atoms with Gasteiger partial charge in [-0.2, -0.15) is 0 Å². The number of benzene rings is 1. The van der Waals surface area contributed by atoms with Gasteiger partial charge in [0.1, 0.15) is 5.75 Å². The van der Waals surface area contributed by atoms with Gasteiger partial charge in [0, 0.05) is 31.9 Å². The molecule has 1 fully saturated rings. The molecule has 1 heterocycles. The Bertz CT molecular complexity index is 398. The number of aryl methyl sites for hydroxylation is 1. The maximum absolute atomic E-state index is 5.81. The Morgan fingerprint density at radius 2 is 2.00 bits per heavy atom. The number of piperazine rings is 1. The van der Waals surface area contributed by atoms with Gasteiger partial charge in [-0.3, -0.25) is 0 Å². The molecule has 0 aromatic heterocycles. The lowest BCUT2D eigenvalue weighted by Gasteiger charge is -2.30. The molecule has 0 radical (unpaired) electrons. The number of ether oxygens (including phenoxy) is 1. The third-order valence-corrected chi connectivity index (χ3v) is 3.59. The van der Waals surface area contributed by atoms with Crippen molar-refractivity contribution in [2.75, 3.05) is 37.7 Å². The summed E-state index contributed by atoms with van der Waals surface area (Å²) >= 11 is 0. The van der Waals surface area contributed by atoms with E-state index in [0.717, 1.165) is 45.0 Å². The van der Waals surface area contributed by atoms with Crippen molar-refractivity contribution in [1.82, 2.24) is 5.32 Å². The van der Waals surface area contributed by atoms with Crippen LogP contribution in [0.4, 0.5) is 5.69 Å². The molecule has 1 aliphatic rings. The van der Waals surface area contributed by atoms with E-state index in [9.17, 15) is 0 Å². The minimum atomic E-state index is 0.696. The first-order chi connectivity index (χ1) is 9.16. The summed E-state index contributed by atoms with van der Waals surface area (Å²) in [5.41, 5.74) is 2.65. The van der Waals surface area contributed by atoms with Crippen LogP contribution in [0.15, 0.2) is 18.2 Å². The van der Waals surface area contributed by atoms with Crippen LogP contribution in [0, 0.1) is 12.8 Å². The highest BCUT2D eigenvalue weighted by Gasteiger charge is 2.12. The van der Waals surface area contributed by atoms with Crippen LogP contribution in [-0.2, 0) is 0 Å². The zero-order valence-corrected chi connectivity index (χ0v) is 12.4. The fourth-order valence-corrected chi connectivity index (χ4v) is 2.39. The van der Waals surface area contributed by atoms with Gasteiger partial charge < -0.3 is 15.0 Å². The number of hydrogen-bond acceptors (Lipinski definition) is 3. The van der Waals surface area contributed by atoms with Crippen molar-refractivity contribution in [3.63, 3.8) is 0 Å². The second-order valence-corrected chi connectivity index (χ2v) is 5.72. The topological polar surface area (TPSA) is 24.5 Å². The van der Waals surface area contributed by atoms with Crippen molar-refractivity contribution in [3.05, 3.63) is 23.8 Å². The highest BCUT2D eigenvalue weighted by molar-refractivity contribution is 5.56. The van der Waals surface area contributed by atoms with Crippen LogP contribution >= 0.6 is 0 Å². The molecular formula is C16H26N2O. The maximum atomic E-state index is 5.81. The Labute approximate surface area is 116 Å². The summed E-state index contributed by atoms with van der Waals surface area (Å²) in [5.74, 6) is 1.69. The van der Waals surface area contributed by atoms with Crippen molar-refractivity contribution in [2.45, 2.75) is 27.2 Å². The summed E-state index contributed by atoms with van der Waals surface area (Å²) in [6, 6.07) is 6.47. The quantitative estimate of drug-likeness (QED) is 0.883. The summed E-state index contributed by atoms with van der Waals surface area (Å²) in [4.78, 5) is 2.45.